The van der Waals surface area contributed by atoms with Gasteiger partial charge in [0.2, 0.25) is 0 Å². The van der Waals surface area contributed by atoms with Crippen molar-refractivity contribution in [1.29, 1.82) is 0 Å². The van der Waals surface area contributed by atoms with E-state index in [-0.39, 0.29) is 12.0 Å². The topological polar surface area (TPSA) is 32.8 Å². The zero-order valence-corrected chi connectivity index (χ0v) is 17.2. The lowest BCUT2D eigenvalue weighted by molar-refractivity contribution is -0.147. The maximum absolute atomic E-state index is 12.7. The lowest BCUT2D eigenvalue weighted by Crippen LogP contribution is -2.46. The highest BCUT2D eigenvalue weighted by Crippen LogP contribution is 2.21. The van der Waals surface area contributed by atoms with Crippen LogP contribution in [0.15, 0.2) is 24.3 Å². The predicted molar refractivity (Wildman–Crippen MR) is 110 cm³/mol. The van der Waals surface area contributed by atoms with Crippen LogP contribution >= 0.6 is 0 Å². The second-order valence-electron chi connectivity index (χ2n) is 8.19. The monoisotopic (exact) mass is 372 g/mol. The first-order valence-corrected chi connectivity index (χ1v) is 10.8. The molecule has 0 N–H and O–H groups in total. The van der Waals surface area contributed by atoms with Crippen LogP contribution in [0.1, 0.15) is 50.2 Å². The Balaban J connectivity index is 1.41. The normalized spacial score (nSPS) is 21.9. The number of hydrogen-bond acceptors (Lipinski definition) is 3. The molecule has 4 nitrogen and oxygen atoms in total. The number of carbonyl (C=O) groups is 1. The Bertz CT molecular complexity index is 590. The first kappa shape index (κ1) is 20.3. The summed E-state index contributed by atoms with van der Waals surface area (Å²) in [6.07, 6.45) is 6.45. The van der Waals surface area contributed by atoms with E-state index in [4.69, 9.17) is 4.74 Å². The molecule has 4 heteroatoms. The maximum Gasteiger partial charge on any atom is 0.251 e. The van der Waals surface area contributed by atoms with E-state index < -0.39 is 0 Å². The second-order valence-corrected chi connectivity index (χ2v) is 8.19. The first-order chi connectivity index (χ1) is 13.2. The molecular formula is C23H36N2O2. The quantitative estimate of drug-likeness (QED) is 0.732. The summed E-state index contributed by atoms with van der Waals surface area (Å²) in [7, 11) is 0. The molecule has 1 atom stereocenters. The standard InChI is InChI=1S/C23H36N2O2/c1-3-25(23(26)22-10-6-7-17-27-22)18-20-11-14-24(15-12-20)16-13-21-9-5-4-8-19(21)2/h4-5,8-9,20,22H,3,6-7,10-18H2,1-2H3/t22-/m0/s1. The minimum atomic E-state index is -0.187. The Hall–Kier alpha value is -1.39. The van der Waals surface area contributed by atoms with Gasteiger partial charge in [-0.15, -0.1) is 0 Å². The van der Waals surface area contributed by atoms with Crippen LogP contribution in [0.3, 0.4) is 0 Å². The number of amides is 1. The molecule has 0 bridgehead atoms. The third-order valence-corrected chi connectivity index (χ3v) is 6.29. The van der Waals surface area contributed by atoms with E-state index in [1.165, 1.54) is 24.0 Å². The molecule has 27 heavy (non-hydrogen) atoms. The van der Waals surface area contributed by atoms with Crippen LogP contribution in [0.5, 0.6) is 0 Å². The van der Waals surface area contributed by atoms with E-state index in [0.717, 1.165) is 65.0 Å². The summed E-state index contributed by atoms with van der Waals surface area (Å²) in [4.78, 5) is 17.4. The highest BCUT2D eigenvalue weighted by atomic mass is 16.5. The van der Waals surface area contributed by atoms with Crippen LogP contribution in [0.4, 0.5) is 0 Å². The van der Waals surface area contributed by atoms with E-state index >= 15 is 0 Å². The van der Waals surface area contributed by atoms with Gasteiger partial charge in [-0.3, -0.25) is 4.79 Å². The number of likely N-dealkylation sites (N-methyl/N-ethyl adjacent to an activating group) is 1. The van der Waals surface area contributed by atoms with Gasteiger partial charge in [-0.1, -0.05) is 24.3 Å². The van der Waals surface area contributed by atoms with Crippen molar-refractivity contribution in [1.82, 2.24) is 9.80 Å². The second kappa shape index (κ2) is 10.2. The van der Waals surface area contributed by atoms with Crippen LogP contribution in [0, 0.1) is 12.8 Å². The fourth-order valence-corrected chi connectivity index (χ4v) is 4.39. The Morgan fingerprint density at radius 3 is 2.63 bits per heavy atom. The summed E-state index contributed by atoms with van der Waals surface area (Å²) in [5, 5.41) is 0. The highest BCUT2D eigenvalue weighted by molar-refractivity contribution is 5.81. The van der Waals surface area contributed by atoms with E-state index in [1.54, 1.807) is 0 Å². The van der Waals surface area contributed by atoms with Crippen molar-refractivity contribution < 1.29 is 9.53 Å². The summed E-state index contributed by atoms with van der Waals surface area (Å²) >= 11 is 0. The van der Waals surface area contributed by atoms with Crippen molar-refractivity contribution in [3.8, 4) is 0 Å². The van der Waals surface area contributed by atoms with Gasteiger partial charge in [0.1, 0.15) is 6.10 Å². The first-order valence-electron chi connectivity index (χ1n) is 10.8. The third kappa shape index (κ3) is 5.79. The van der Waals surface area contributed by atoms with Crippen molar-refractivity contribution in [2.24, 2.45) is 5.92 Å². The van der Waals surface area contributed by atoms with Crippen LogP contribution in [-0.4, -0.2) is 61.1 Å². The zero-order chi connectivity index (χ0) is 19.1. The minimum absolute atomic E-state index is 0.187. The van der Waals surface area contributed by atoms with Gasteiger partial charge >= 0.3 is 0 Å². The number of nitrogens with zero attached hydrogens (tertiary/aromatic N) is 2. The van der Waals surface area contributed by atoms with E-state index in [0.29, 0.717) is 5.92 Å². The van der Waals surface area contributed by atoms with Crippen molar-refractivity contribution >= 4 is 5.91 Å². The molecule has 150 valence electrons. The van der Waals surface area contributed by atoms with Gasteiger partial charge in [0, 0.05) is 26.2 Å². The molecule has 3 rings (SSSR count). The van der Waals surface area contributed by atoms with E-state index in [2.05, 4.69) is 43.0 Å². The molecule has 0 spiro atoms. The fraction of sp³-hybridized carbons (Fsp3) is 0.696. The fourth-order valence-electron chi connectivity index (χ4n) is 4.39. The Labute approximate surface area is 164 Å². The molecule has 0 saturated carbocycles. The lowest BCUT2D eigenvalue weighted by atomic mass is 9.95. The lowest BCUT2D eigenvalue weighted by Gasteiger charge is -2.36. The zero-order valence-electron chi connectivity index (χ0n) is 17.2. The molecule has 2 saturated heterocycles. The van der Waals surface area contributed by atoms with Gasteiger partial charge < -0.3 is 14.5 Å². The number of likely N-dealkylation sites (tertiary alicyclic amines) is 1. The number of piperidine rings is 1. The minimum Gasteiger partial charge on any atom is -0.368 e. The Morgan fingerprint density at radius 2 is 1.96 bits per heavy atom. The summed E-state index contributed by atoms with van der Waals surface area (Å²) in [5.41, 5.74) is 2.87. The van der Waals surface area contributed by atoms with Crippen LogP contribution in [-0.2, 0) is 16.0 Å². The van der Waals surface area contributed by atoms with Gasteiger partial charge in [-0.05, 0) is 82.5 Å². The van der Waals surface area contributed by atoms with Crippen molar-refractivity contribution in [3.05, 3.63) is 35.4 Å². The molecular weight excluding hydrogens is 336 g/mol. The third-order valence-electron chi connectivity index (χ3n) is 6.29. The molecule has 2 aliphatic heterocycles. The van der Waals surface area contributed by atoms with Gasteiger partial charge in [-0.25, -0.2) is 0 Å². The van der Waals surface area contributed by atoms with Crippen molar-refractivity contribution in [2.45, 2.75) is 58.5 Å². The molecule has 2 fully saturated rings. The molecule has 0 aliphatic carbocycles. The molecule has 1 aromatic carbocycles. The van der Waals surface area contributed by atoms with Crippen LogP contribution in [0.2, 0.25) is 0 Å². The number of ether oxygens (including phenoxy) is 1. The van der Waals surface area contributed by atoms with Crippen LogP contribution < -0.4 is 0 Å². The molecule has 2 heterocycles. The largest absolute Gasteiger partial charge is 0.368 e. The van der Waals surface area contributed by atoms with Gasteiger partial charge in [0.25, 0.3) is 5.91 Å². The average molecular weight is 373 g/mol. The van der Waals surface area contributed by atoms with E-state index in [1.807, 2.05) is 4.90 Å². The summed E-state index contributed by atoms with van der Waals surface area (Å²) < 4.78 is 5.71. The number of aryl methyl sites for hydroxylation is 1. The predicted octanol–water partition coefficient (Wildman–Crippen LogP) is 3.67. The Morgan fingerprint density at radius 1 is 1.19 bits per heavy atom. The number of rotatable bonds is 7. The van der Waals surface area contributed by atoms with Gasteiger partial charge in [-0.2, -0.15) is 0 Å². The summed E-state index contributed by atoms with van der Waals surface area (Å²) in [6, 6.07) is 8.71. The highest BCUT2D eigenvalue weighted by Gasteiger charge is 2.29. The molecule has 2 aliphatic rings. The molecule has 0 radical (unpaired) electrons. The van der Waals surface area contributed by atoms with Gasteiger partial charge in [0.15, 0.2) is 0 Å². The number of benzene rings is 1. The summed E-state index contributed by atoms with van der Waals surface area (Å²) in [5.74, 6) is 0.853. The maximum atomic E-state index is 12.7. The molecule has 1 amide bonds. The number of hydrogen-bond donors (Lipinski definition) is 0. The smallest absolute Gasteiger partial charge is 0.251 e. The average Bonchev–Trinajstić information content (AvgIpc) is 2.72. The molecule has 0 aromatic heterocycles. The molecule has 0 unspecified atom stereocenters. The van der Waals surface area contributed by atoms with Crippen molar-refractivity contribution in [2.75, 3.05) is 39.3 Å². The molecule has 1 aromatic rings. The Kier molecular flexibility index (Phi) is 7.71. The summed E-state index contributed by atoms with van der Waals surface area (Å²) in [6.45, 7) is 10.2. The number of carbonyl (C=O) groups excluding carboxylic acids is 1. The van der Waals surface area contributed by atoms with Crippen LogP contribution in [0.25, 0.3) is 0 Å². The SMILES string of the molecule is CCN(CC1CCN(CCc2ccccc2C)CC1)C(=O)[C@@H]1CCCCO1. The van der Waals surface area contributed by atoms with Gasteiger partial charge in [0.05, 0.1) is 0 Å². The van der Waals surface area contributed by atoms with Crippen molar-refractivity contribution in [3.63, 3.8) is 0 Å². The van der Waals surface area contributed by atoms with E-state index in [9.17, 15) is 4.79 Å².